The second kappa shape index (κ2) is 7.30. The second-order valence-corrected chi connectivity index (χ2v) is 5.88. The number of hydrogen-bond donors (Lipinski definition) is 0. The number of halogens is 1. The Morgan fingerprint density at radius 1 is 1.42 bits per heavy atom. The Morgan fingerprint density at radius 3 is 2.68 bits per heavy atom. The quantitative estimate of drug-likeness (QED) is 0.676. The van der Waals surface area contributed by atoms with Crippen LogP contribution in [0.1, 0.15) is 57.7 Å². The van der Waals surface area contributed by atoms with Crippen LogP contribution in [0.15, 0.2) is 12.3 Å². The van der Waals surface area contributed by atoms with Crippen LogP contribution in [-0.2, 0) is 6.54 Å². The van der Waals surface area contributed by atoms with Crippen LogP contribution in [0.5, 0.6) is 0 Å². The summed E-state index contributed by atoms with van der Waals surface area (Å²) in [7, 11) is 0. The van der Waals surface area contributed by atoms with Gasteiger partial charge in [0.2, 0.25) is 0 Å². The summed E-state index contributed by atoms with van der Waals surface area (Å²) < 4.78 is 2.13. The van der Waals surface area contributed by atoms with E-state index >= 15 is 0 Å². The number of aromatic nitrogens is 2. The zero-order valence-electron chi connectivity index (χ0n) is 12.2. The van der Waals surface area contributed by atoms with E-state index in [9.17, 15) is 0 Å². The molecule has 1 aromatic heterocycles. The van der Waals surface area contributed by atoms with Gasteiger partial charge in [-0.25, -0.2) is 0 Å². The van der Waals surface area contributed by atoms with Crippen molar-refractivity contribution in [2.24, 2.45) is 0 Å². The molecule has 1 aliphatic rings. The fourth-order valence-corrected chi connectivity index (χ4v) is 3.00. The molecule has 1 aromatic rings. The summed E-state index contributed by atoms with van der Waals surface area (Å²) in [4.78, 5) is 2.50. The van der Waals surface area contributed by atoms with Crippen LogP contribution in [0.4, 0.5) is 0 Å². The van der Waals surface area contributed by atoms with Crippen LogP contribution in [-0.4, -0.2) is 33.1 Å². The first-order valence-corrected chi connectivity index (χ1v) is 8.16. The Bertz CT molecular complexity index is 369. The van der Waals surface area contributed by atoms with Crippen molar-refractivity contribution in [3.8, 4) is 0 Å². The van der Waals surface area contributed by atoms with Gasteiger partial charge in [-0.05, 0) is 31.7 Å². The van der Waals surface area contributed by atoms with E-state index in [1.54, 1.807) is 0 Å². The maximum atomic E-state index is 5.92. The van der Waals surface area contributed by atoms with Crippen LogP contribution >= 0.6 is 11.6 Å². The molecule has 1 heterocycles. The third-order valence-electron chi connectivity index (χ3n) is 4.31. The third-order valence-corrected chi connectivity index (χ3v) is 4.48. The van der Waals surface area contributed by atoms with Gasteiger partial charge in [-0.1, -0.05) is 20.3 Å². The highest BCUT2D eigenvalue weighted by molar-refractivity contribution is 6.18. The first-order chi connectivity index (χ1) is 9.28. The first kappa shape index (κ1) is 14.9. The van der Waals surface area contributed by atoms with E-state index in [-0.39, 0.29) is 0 Å². The molecule has 0 bridgehead atoms. The van der Waals surface area contributed by atoms with Gasteiger partial charge in [-0.15, -0.1) is 11.6 Å². The fourth-order valence-electron chi connectivity index (χ4n) is 2.79. The van der Waals surface area contributed by atoms with Crippen molar-refractivity contribution in [1.82, 2.24) is 14.7 Å². The molecule has 1 saturated carbocycles. The van der Waals surface area contributed by atoms with E-state index < -0.39 is 0 Å². The topological polar surface area (TPSA) is 21.1 Å². The van der Waals surface area contributed by atoms with Gasteiger partial charge in [-0.2, -0.15) is 5.10 Å². The molecule has 4 heteroatoms. The molecule has 2 rings (SSSR count). The number of nitrogens with zero attached hydrogens (tertiary/aromatic N) is 3. The lowest BCUT2D eigenvalue weighted by Gasteiger charge is -2.36. The Hall–Kier alpha value is -0.540. The molecule has 0 unspecified atom stereocenters. The monoisotopic (exact) mass is 283 g/mol. The molecule has 3 nitrogen and oxygen atoms in total. The van der Waals surface area contributed by atoms with Crippen molar-refractivity contribution in [2.45, 2.75) is 64.6 Å². The van der Waals surface area contributed by atoms with Crippen molar-refractivity contribution in [2.75, 3.05) is 12.4 Å². The van der Waals surface area contributed by atoms with Crippen LogP contribution in [0, 0.1) is 0 Å². The molecule has 0 saturated heterocycles. The largest absolute Gasteiger partial charge is 0.293 e. The Kier molecular flexibility index (Phi) is 5.71. The predicted octanol–water partition coefficient (Wildman–Crippen LogP) is 3.84. The highest BCUT2D eigenvalue weighted by Crippen LogP contribution is 2.26. The van der Waals surface area contributed by atoms with Crippen molar-refractivity contribution < 1.29 is 0 Å². The van der Waals surface area contributed by atoms with Gasteiger partial charge in [-0.3, -0.25) is 9.58 Å². The van der Waals surface area contributed by atoms with Gasteiger partial charge in [0.15, 0.2) is 0 Å². The van der Waals surface area contributed by atoms with E-state index in [2.05, 4.69) is 35.7 Å². The molecule has 1 aliphatic carbocycles. The molecule has 0 radical (unpaired) electrons. The molecule has 0 spiro atoms. The van der Waals surface area contributed by atoms with Crippen LogP contribution in [0.25, 0.3) is 0 Å². The second-order valence-electron chi connectivity index (χ2n) is 5.50. The molecule has 0 aliphatic heterocycles. The summed E-state index contributed by atoms with van der Waals surface area (Å²) in [5.74, 6) is 0.712. The van der Waals surface area contributed by atoms with E-state index in [0.29, 0.717) is 11.9 Å². The minimum Gasteiger partial charge on any atom is -0.293 e. The van der Waals surface area contributed by atoms with Crippen molar-refractivity contribution in [1.29, 1.82) is 0 Å². The van der Waals surface area contributed by atoms with Gasteiger partial charge in [0.05, 0.1) is 11.7 Å². The number of hydrogen-bond acceptors (Lipinski definition) is 2. The summed E-state index contributed by atoms with van der Waals surface area (Å²) in [6.45, 7) is 6.38. The fraction of sp³-hybridized carbons (Fsp3) is 0.800. The van der Waals surface area contributed by atoms with Crippen molar-refractivity contribution in [3.63, 3.8) is 0 Å². The smallest absolute Gasteiger partial charge is 0.0765 e. The third kappa shape index (κ3) is 3.73. The van der Waals surface area contributed by atoms with Gasteiger partial charge >= 0.3 is 0 Å². The maximum absolute atomic E-state index is 5.92. The predicted molar refractivity (Wildman–Crippen MR) is 80.6 cm³/mol. The normalized spacial score (nSPS) is 16.3. The molecule has 0 N–H and O–H groups in total. The molecule has 0 atom stereocenters. The highest BCUT2D eigenvalue weighted by atomic mass is 35.5. The number of rotatable bonds is 8. The summed E-state index contributed by atoms with van der Waals surface area (Å²) in [5.41, 5.74) is 1.18. The minimum atomic E-state index is 0.541. The Balaban J connectivity index is 1.96. The zero-order chi connectivity index (χ0) is 13.7. The van der Waals surface area contributed by atoms with Crippen LogP contribution < -0.4 is 0 Å². The lowest BCUT2D eigenvalue weighted by Crippen LogP contribution is -2.40. The summed E-state index contributed by atoms with van der Waals surface area (Å²) in [6.07, 6.45) is 8.43. The van der Waals surface area contributed by atoms with Crippen LogP contribution in [0.3, 0.4) is 0 Å². The Labute approximate surface area is 121 Å². The Morgan fingerprint density at radius 2 is 2.16 bits per heavy atom. The SMILES string of the molecule is CCC(CC)n1ccc(CN(CCCl)C2CCC2)n1. The van der Waals surface area contributed by atoms with Crippen molar-refractivity contribution >= 4 is 11.6 Å². The average molecular weight is 284 g/mol. The summed E-state index contributed by atoms with van der Waals surface area (Å²) in [5, 5.41) is 4.75. The van der Waals surface area contributed by atoms with Gasteiger partial charge in [0, 0.05) is 31.2 Å². The van der Waals surface area contributed by atoms with Gasteiger partial charge in [0.1, 0.15) is 0 Å². The maximum Gasteiger partial charge on any atom is 0.0765 e. The lowest BCUT2D eigenvalue weighted by atomic mass is 9.91. The van der Waals surface area contributed by atoms with Crippen LogP contribution in [0.2, 0.25) is 0 Å². The van der Waals surface area contributed by atoms with E-state index in [1.807, 2.05) is 0 Å². The average Bonchev–Trinajstić information content (AvgIpc) is 2.77. The standard InChI is InChI=1S/C15H26ClN3/c1-3-14(4-2)19-10-8-13(17-19)12-18(11-9-16)15-6-5-7-15/h8,10,14-15H,3-7,9,11-12H2,1-2H3. The molecule has 0 aromatic carbocycles. The van der Waals surface area contributed by atoms with E-state index in [4.69, 9.17) is 16.7 Å². The van der Waals surface area contributed by atoms with Crippen molar-refractivity contribution in [3.05, 3.63) is 18.0 Å². The molecular weight excluding hydrogens is 258 g/mol. The summed E-state index contributed by atoms with van der Waals surface area (Å²) >= 11 is 5.92. The van der Waals surface area contributed by atoms with E-state index in [0.717, 1.165) is 32.0 Å². The molecule has 108 valence electrons. The highest BCUT2D eigenvalue weighted by Gasteiger charge is 2.25. The molecule has 0 amide bonds. The summed E-state index contributed by atoms with van der Waals surface area (Å²) in [6, 6.07) is 3.44. The molecule has 19 heavy (non-hydrogen) atoms. The molecular formula is C15H26ClN3. The lowest BCUT2D eigenvalue weighted by molar-refractivity contribution is 0.125. The molecule has 1 fully saturated rings. The van der Waals surface area contributed by atoms with Gasteiger partial charge in [0.25, 0.3) is 0 Å². The minimum absolute atomic E-state index is 0.541. The van der Waals surface area contributed by atoms with Gasteiger partial charge < -0.3 is 0 Å². The van der Waals surface area contributed by atoms with E-state index in [1.165, 1.54) is 25.0 Å². The number of alkyl halides is 1. The zero-order valence-corrected chi connectivity index (χ0v) is 12.9. The first-order valence-electron chi connectivity index (χ1n) is 7.62.